The molecular weight excluding hydrogens is 1650 g/mol. The Morgan fingerprint density at radius 3 is 1.20 bits per heavy atom. The molecule has 124 heavy (non-hydrogen) atoms. The molecule has 684 valence electrons. The minimum absolute atomic E-state index is 0.0592. The van der Waals surface area contributed by atoms with Crippen molar-refractivity contribution in [3.63, 3.8) is 0 Å². The Labute approximate surface area is 760 Å². The summed E-state index contributed by atoms with van der Waals surface area (Å²) < 4.78 is 74.3. The van der Waals surface area contributed by atoms with E-state index in [4.69, 9.17) is 45.5 Å². The smallest absolute Gasteiger partial charge is 0.262 e. The van der Waals surface area contributed by atoms with Gasteiger partial charge in [-0.3, -0.25) is 4.79 Å². The second-order valence-electron chi connectivity index (χ2n) is 39.7. The predicted molar refractivity (Wildman–Crippen MR) is 542 cm³/mol. The number of ketones is 1. The zero-order chi connectivity index (χ0) is 91.8. The fourth-order valence-electron chi connectivity index (χ4n) is 19.2. The molecule has 7 unspecified atom stereocenters. The highest BCUT2D eigenvalue weighted by Gasteiger charge is 2.59. The lowest BCUT2D eigenvalue weighted by atomic mass is 9.84. The maximum Gasteiger partial charge on any atom is 0.262 e. The number of Topliss-reactive ketones (excluding diaryl/α,β-unsaturated/α-hetero) is 1. The highest BCUT2D eigenvalue weighted by Crippen LogP contribution is 2.48. The Balaban J connectivity index is 1.30. The molecule has 6 aromatic carbocycles. The van der Waals surface area contributed by atoms with Gasteiger partial charge in [-0.25, -0.2) is 0 Å². The van der Waals surface area contributed by atoms with E-state index in [-0.39, 0.29) is 38.6 Å². The number of hydrogen-bond donors (Lipinski definition) is 1. The SMILES string of the molecule is CC[Si](CC)(CC)OC[C@H](/C=C/C=C/C=C/C[C@H](O[Si](CC)(CC)CC)C(C)C(O)[C@H](C)C(=O)[C@H](O[Si](C)(C)C(C)(C)C)[C@H](/C=C/C=C/[C@H](O[Si](c1ccccc1)(c1ccccc1)C(C)(C)C)[C@H](C)OC1OC(C)C(OC)C(O[Si](c2ccccc2)(c2ccccc2)C(C)(C)C)C1OC)[Si](CC)(CC)CC)O[Si](c1ccccc1)(c1ccccc1)C(C)(C)C. The van der Waals surface area contributed by atoms with Crippen LogP contribution in [-0.4, -0.2) is 157 Å². The third-order valence-electron chi connectivity index (χ3n) is 28.7. The quantitative estimate of drug-likeness (QED) is 0.0288. The van der Waals surface area contributed by atoms with E-state index >= 15 is 4.79 Å². The highest BCUT2D eigenvalue weighted by atomic mass is 28.4. The van der Waals surface area contributed by atoms with E-state index in [0.29, 0.717) is 13.0 Å². The van der Waals surface area contributed by atoms with Gasteiger partial charge in [-0.15, -0.1) is 0 Å². The topological polar surface area (TPSA) is 130 Å². The van der Waals surface area contributed by atoms with Crippen LogP contribution in [-0.2, 0) is 50.3 Å². The van der Waals surface area contributed by atoms with Gasteiger partial charge in [0, 0.05) is 31.6 Å². The summed E-state index contributed by atoms with van der Waals surface area (Å²) in [6.07, 6.45) is 14.9. The van der Waals surface area contributed by atoms with Crippen LogP contribution in [0.4, 0.5) is 0 Å². The molecule has 1 saturated heterocycles. The molecule has 1 aliphatic rings. The van der Waals surface area contributed by atoms with Gasteiger partial charge in [-0.1, -0.05) is 420 Å². The molecule has 0 bridgehead atoms. The molecule has 6 aromatic rings. The third kappa shape index (κ3) is 24.7. The molecule has 0 spiro atoms. The molecule has 0 saturated carbocycles. The van der Waals surface area contributed by atoms with E-state index < -0.39 is 130 Å². The molecule has 1 fully saturated rings. The number of methoxy groups -OCH3 is 2. The average Bonchev–Trinajstić information content (AvgIpc) is 0.738. The summed E-state index contributed by atoms with van der Waals surface area (Å²) in [4.78, 5) is 16.6. The summed E-state index contributed by atoms with van der Waals surface area (Å²) in [6, 6.07) is 73.5. The van der Waals surface area contributed by atoms with E-state index in [9.17, 15) is 5.11 Å². The number of hydrogen-bond acceptors (Lipinski definition) is 12. The van der Waals surface area contributed by atoms with Gasteiger partial charge in [-0.2, -0.15) is 0 Å². The number of carbonyl (C=O) groups is 1. The van der Waals surface area contributed by atoms with Crippen molar-refractivity contribution in [1.82, 2.24) is 0 Å². The molecule has 0 aliphatic carbocycles. The summed E-state index contributed by atoms with van der Waals surface area (Å²) in [7, 11) is -15.5. The first kappa shape index (κ1) is 106. The summed E-state index contributed by atoms with van der Waals surface area (Å²) in [6.45, 7) is 61.4. The number of allylic oxidation sites excluding steroid dienone is 6. The monoisotopic (exact) mass is 1810 g/mol. The zero-order valence-corrected chi connectivity index (χ0v) is 88.9. The van der Waals surface area contributed by atoms with Gasteiger partial charge in [0.2, 0.25) is 0 Å². The first-order chi connectivity index (χ1) is 58.7. The Kier molecular flexibility index (Phi) is 40.1. The number of aliphatic hydroxyl groups excluding tert-OH is 1. The fraction of sp³-hybridized carbons (Fsp3) is 0.552. The van der Waals surface area contributed by atoms with Gasteiger partial charge in [0.1, 0.15) is 24.4 Å². The summed E-state index contributed by atoms with van der Waals surface area (Å²) in [5, 5.41) is 19.1. The minimum atomic E-state index is -3.33. The van der Waals surface area contributed by atoms with Crippen LogP contribution in [0.15, 0.2) is 243 Å². The minimum Gasteiger partial charge on any atom is -0.414 e. The first-order valence-electron chi connectivity index (χ1n) is 47.0. The lowest BCUT2D eigenvalue weighted by Crippen LogP contribution is -2.72. The Morgan fingerprint density at radius 2 is 0.823 bits per heavy atom. The predicted octanol–water partition coefficient (Wildman–Crippen LogP) is 23.1. The van der Waals surface area contributed by atoms with E-state index in [2.05, 4.69) is 415 Å². The standard InChI is InChI=1S/C105H164O12Si7/c1-30-119(31-2,32-3)94(79-63-62-78-93(115-123(104(20,21)22,88-69-53-44-54-70-88)89-71-55-45-56-72-89)83(12)111-101-100(109-27)99(97(108-26)84(13)112-101)117-124(105(23,24)25,90-73-57-46-58-74-90)91-75-59-47-60-76-91)98(116-118(28,29)102(14,15)16)96(107)82(11)95(106)81(10)92(114-121(36-7,37-8)38-9)77-61-41-39-40-48-64-85(80-110-120(33-4,34-5)35-6)113-122(103(17,18)19,86-65-49-42-50-66-86)87-67-51-43-52-68-87/h39-76,78-79,81-85,92-95,97-101,106H,30-38,77,80H2,1-29H3/b40-39+,61-41+,64-48+,78-62+,79-63+/t81?,82-,83-,84?,85-,92-,93-,94-,95?,97?,98+,99?,100?,101?/m0/s1. The van der Waals surface area contributed by atoms with Gasteiger partial charge in [0.25, 0.3) is 25.0 Å². The van der Waals surface area contributed by atoms with E-state index in [1.807, 2.05) is 13.8 Å². The number of rotatable bonds is 48. The van der Waals surface area contributed by atoms with Crippen molar-refractivity contribution in [2.24, 2.45) is 11.8 Å². The number of carbonyl (C=O) groups excluding carboxylic acids is 1. The van der Waals surface area contributed by atoms with Gasteiger partial charge >= 0.3 is 0 Å². The van der Waals surface area contributed by atoms with Crippen LogP contribution in [0.3, 0.4) is 0 Å². The van der Waals surface area contributed by atoms with Crippen LogP contribution in [0.5, 0.6) is 0 Å². The second-order valence-corrected chi connectivity index (χ2v) is 72.2. The van der Waals surface area contributed by atoms with Crippen molar-refractivity contribution >= 4 is 94.9 Å². The molecule has 0 radical (unpaired) electrons. The first-order valence-corrected chi connectivity index (χ1v) is 63.4. The van der Waals surface area contributed by atoms with Crippen molar-refractivity contribution < 1.29 is 55.4 Å². The van der Waals surface area contributed by atoms with Crippen molar-refractivity contribution in [3.8, 4) is 0 Å². The van der Waals surface area contributed by atoms with E-state index in [1.54, 1.807) is 14.2 Å². The number of ether oxygens (including phenoxy) is 4. The van der Waals surface area contributed by atoms with Gasteiger partial charge < -0.3 is 50.6 Å². The molecule has 7 rings (SSSR count). The zero-order valence-electron chi connectivity index (χ0n) is 81.9. The summed E-state index contributed by atoms with van der Waals surface area (Å²) >= 11 is 0. The molecule has 0 aromatic heterocycles. The molecule has 1 heterocycles. The summed E-state index contributed by atoms with van der Waals surface area (Å²) in [5.41, 5.74) is -0.268. The van der Waals surface area contributed by atoms with Crippen molar-refractivity contribution in [1.29, 1.82) is 0 Å². The molecule has 1 N–H and O–H groups in total. The maximum atomic E-state index is 16.6. The highest BCUT2D eigenvalue weighted by molar-refractivity contribution is 7.01. The van der Waals surface area contributed by atoms with Crippen molar-refractivity contribution in [3.05, 3.63) is 243 Å². The Morgan fingerprint density at radius 1 is 0.444 bits per heavy atom. The van der Waals surface area contributed by atoms with Crippen molar-refractivity contribution in [2.75, 3.05) is 20.8 Å². The fourth-order valence-corrected chi connectivity index (χ4v) is 44.4. The van der Waals surface area contributed by atoms with Crippen LogP contribution in [0, 0.1) is 11.8 Å². The normalized spacial score (nSPS) is 19.6. The van der Waals surface area contributed by atoms with E-state index in [1.165, 1.54) is 10.4 Å². The van der Waals surface area contributed by atoms with Crippen molar-refractivity contribution in [2.45, 2.75) is 340 Å². The number of benzene rings is 6. The largest absolute Gasteiger partial charge is 0.414 e. The average molecular weight is 1820 g/mol. The van der Waals surface area contributed by atoms with Gasteiger partial charge in [-0.05, 0) is 121 Å². The molecule has 19 heteroatoms. The molecule has 1 aliphatic heterocycles. The second kappa shape index (κ2) is 47.0. The molecule has 12 nitrogen and oxygen atoms in total. The van der Waals surface area contributed by atoms with Gasteiger partial charge in [0.15, 0.2) is 37.0 Å². The molecule has 0 amide bonds. The third-order valence-corrected chi connectivity index (χ3v) is 63.8. The maximum absolute atomic E-state index is 16.6. The van der Waals surface area contributed by atoms with Crippen LogP contribution < -0.4 is 31.1 Å². The lowest BCUT2D eigenvalue weighted by Gasteiger charge is -2.51. The Bertz CT molecular complexity index is 4100. The van der Waals surface area contributed by atoms with Crippen LogP contribution in [0.25, 0.3) is 0 Å². The van der Waals surface area contributed by atoms with Crippen LogP contribution >= 0.6 is 0 Å². The lowest BCUT2D eigenvalue weighted by molar-refractivity contribution is -0.311. The van der Waals surface area contributed by atoms with Crippen LogP contribution in [0.2, 0.25) is 93.2 Å². The number of aliphatic hydroxyl groups is 1. The van der Waals surface area contributed by atoms with E-state index in [0.717, 1.165) is 75.1 Å². The summed E-state index contributed by atoms with van der Waals surface area (Å²) in [5.74, 6) is -1.27. The van der Waals surface area contributed by atoms with Crippen LogP contribution in [0.1, 0.15) is 180 Å². The Hall–Kier alpha value is -5.23. The molecular formula is C105H164O12Si7. The van der Waals surface area contributed by atoms with Gasteiger partial charge in [0.05, 0.1) is 51.3 Å². The molecule has 14 atom stereocenters.